The molecule has 2 fully saturated rings. The molecule has 2 heterocycles. The number of likely N-dealkylation sites (tertiary alicyclic amines) is 1. The monoisotopic (exact) mass is 383 g/mol. The van der Waals surface area contributed by atoms with Crippen LogP contribution >= 0.6 is 0 Å². The van der Waals surface area contributed by atoms with Crippen LogP contribution in [0.3, 0.4) is 0 Å². The number of hydrogen-bond donors (Lipinski definition) is 1. The predicted molar refractivity (Wildman–Crippen MR) is 112 cm³/mol. The van der Waals surface area contributed by atoms with E-state index in [1.54, 1.807) is 7.11 Å². The number of ether oxygens (including phenoxy) is 2. The Labute approximate surface area is 166 Å². The summed E-state index contributed by atoms with van der Waals surface area (Å²) in [4.78, 5) is 11.8. The first-order valence-corrected chi connectivity index (χ1v) is 10.7. The highest BCUT2D eigenvalue weighted by Gasteiger charge is 2.21. The number of guanidine groups is 1. The molecule has 0 radical (unpaired) electrons. The molecular weight excluding hydrogens is 342 g/mol. The van der Waals surface area contributed by atoms with E-state index in [2.05, 4.69) is 32.1 Å². The fraction of sp³-hybridized carbons (Fsp3) is 0.950. The minimum Gasteiger partial charge on any atom is -0.385 e. The van der Waals surface area contributed by atoms with Crippen LogP contribution in [-0.2, 0) is 9.47 Å². The third-order valence-electron chi connectivity index (χ3n) is 5.58. The number of nitrogens with zero attached hydrogens (tertiary/aromatic N) is 4. The van der Waals surface area contributed by atoms with Crippen molar-refractivity contribution < 1.29 is 9.47 Å². The Morgan fingerprint density at radius 2 is 1.74 bits per heavy atom. The molecule has 0 aromatic rings. The van der Waals surface area contributed by atoms with Gasteiger partial charge in [-0.1, -0.05) is 0 Å². The molecule has 0 amide bonds. The van der Waals surface area contributed by atoms with Crippen molar-refractivity contribution in [3.05, 3.63) is 0 Å². The molecule has 158 valence electrons. The van der Waals surface area contributed by atoms with Gasteiger partial charge < -0.3 is 29.5 Å². The summed E-state index contributed by atoms with van der Waals surface area (Å²) in [5.41, 5.74) is 0. The first kappa shape index (κ1) is 22.4. The van der Waals surface area contributed by atoms with Crippen LogP contribution in [0.4, 0.5) is 0 Å². The number of likely N-dealkylation sites (N-methyl/N-ethyl adjacent to an activating group) is 1. The molecule has 0 saturated carbocycles. The number of unbranched alkanes of at least 4 members (excludes halogenated alkanes) is 1. The molecule has 0 spiro atoms. The van der Waals surface area contributed by atoms with Crippen LogP contribution in [0.5, 0.6) is 0 Å². The van der Waals surface area contributed by atoms with Crippen LogP contribution in [0.2, 0.25) is 0 Å². The van der Waals surface area contributed by atoms with Crippen LogP contribution in [-0.4, -0.2) is 114 Å². The second-order valence-electron chi connectivity index (χ2n) is 7.73. The van der Waals surface area contributed by atoms with Crippen LogP contribution in [0, 0.1) is 0 Å². The number of aliphatic imine (C=N–C) groups is 1. The van der Waals surface area contributed by atoms with Crippen molar-refractivity contribution in [2.45, 2.75) is 38.2 Å². The molecular formula is C20H41N5O2. The van der Waals surface area contributed by atoms with Crippen molar-refractivity contribution in [3.8, 4) is 0 Å². The van der Waals surface area contributed by atoms with Crippen molar-refractivity contribution in [1.82, 2.24) is 20.0 Å². The van der Waals surface area contributed by atoms with E-state index in [-0.39, 0.29) is 0 Å². The van der Waals surface area contributed by atoms with Crippen molar-refractivity contribution in [2.24, 2.45) is 4.99 Å². The van der Waals surface area contributed by atoms with E-state index in [0.29, 0.717) is 6.10 Å². The fourth-order valence-electron chi connectivity index (χ4n) is 3.75. The Bertz CT molecular complexity index is 405. The lowest BCUT2D eigenvalue weighted by Crippen LogP contribution is -2.47. The van der Waals surface area contributed by atoms with Gasteiger partial charge in [0.1, 0.15) is 0 Å². The summed E-state index contributed by atoms with van der Waals surface area (Å²) < 4.78 is 11.0. The summed E-state index contributed by atoms with van der Waals surface area (Å²) in [5, 5.41) is 3.55. The maximum Gasteiger partial charge on any atom is 0.193 e. The molecule has 0 atom stereocenters. The van der Waals surface area contributed by atoms with Gasteiger partial charge in [-0.15, -0.1) is 0 Å². The second kappa shape index (κ2) is 13.3. The lowest BCUT2D eigenvalue weighted by Gasteiger charge is -2.34. The highest BCUT2D eigenvalue weighted by molar-refractivity contribution is 5.79. The van der Waals surface area contributed by atoms with Crippen LogP contribution in [0.15, 0.2) is 4.99 Å². The average Bonchev–Trinajstić information content (AvgIpc) is 2.70. The molecule has 1 N–H and O–H groups in total. The van der Waals surface area contributed by atoms with Crippen LogP contribution in [0.1, 0.15) is 32.1 Å². The van der Waals surface area contributed by atoms with Crippen LogP contribution < -0.4 is 5.32 Å². The molecule has 7 nitrogen and oxygen atoms in total. The number of piperazine rings is 1. The van der Waals surface area contributed by atoms with Gasteiger partial charge in [0.05, 0.1) is 6.10 Å². The Kier molecular flexibility index (Phi) is 11.0. The summed E-state index contributed by atoms with van der Waals surface area (Å²) in [6, 6.07) is 0. The molecule has 2 aliphatic heterocycles. The molecule has 0 aromatic carbocycles. The van der Waals surface area contributed by atoms with Gasteiger partial charge in [-0.3, -0.25) is 4.99 Å². The maximum atomic E-state index is 5.95. The van der Waals surface area contributed by atoms with E-state index in [1.807, 2.05) is 7.05 Å². The predicted octanol–water partition coefficient (Wildman–Crippen LogP) is 1.11. The minimum absolute atomic E-state index is 0.389. The Morgan fingerprint density at radius 1 is 1.00 bits per heavy atom. The highest BCUT2D eigenvalue weighted by Crippen LogP contribution is 2.14. The molecule has 0 aliphatic carbocycles. The minimum atomic E-state index is 0.389. The highest BCUT2D eigenvalue weighted by atomic mass is 16.5. The van der Waals surface area contributed by atoms with E-state index in [4.69, 9.17) is 9.47 Å². The average molecular weight is 384 g/mol. The molecule has 27 heavy (non-hydrogen) atoms. The Morgan fingerprint density at radius 3 is 2.41 bits per heavy atom. The van der Waals surface area contributed by atoms with Gasteiger partial charge in [0, 0.05) is 73.2 Å². The molecule has 2 aliphatic rings. The zero-order valence-corrected chi connectivity index (χ0v) is 17.8. The molecule has 2 saturated heterocycles. The van der Waals surface area contributed by atoms with E-state index in [1.165, 1.54) is 45.6 Å². The SMILES string of the molecule is CN=C(NCCCCN1CCN(C)CC1)N1CCC(OCCCOC)CC1. The number of nitrogens with one attached hydrogen (secondary N) is 1. The zero-order chi connectivity index (χ0) is 19.3. The molecule has 0 bridgehead atoms. The zero-order valence-electron chi connectivity index (χ0n) is 17.8. The normalized spacial score (nSPS) is 21.0. The first-order valence-electron chi connectivity index (χ1n) is 10.7. The van der Waals surface area contributed by atoms with Gasteiger partial charge in [0.25, 0.3) is 0 Å². The fourth-order valence-corrected chi connectivity index (χ4v) is 3.75. The number of rotatable bonds is 10. The van der Waals surface area contributed by atoms with Gasteiger partial charge in [-0.05, 0) is 45.7 Å². The van der Waals surface area contributed by atoms with Gasteiger partial charge in [0.2, 0.25) is 0 Å². The maximum absolute atomic E-state index is 5.95. The molecule has 0 aromatic heterocycles. The smallest absolute Gasteiger partial charge is 0.193 e. The lowest BCUT2D eigenvalue weighted by atomic mass is 10.1. The van der Waals surface area contributed by atoms with E-state index < -0.39 is 0 Å². The molecule has 2 rings (SSSR count). The summed E-state index contributed by atoms with van der Waals surface area (Å²) in [6.07, 6.45) is 5.98. The third kappa shape index (κ3) is 8.77. The summed E-state index contributed by atoms with van der Waals surface area (Å²) in [6.45, 7) is 10.7. The second-order valence-corrected chi connectivity index (χ2v) is 7.73. The molecule has 0 unspecified atom stereocenters. The van der Waals surface area contributed by atoms with Gasteiger partial charge in [0.15, 0.2) is 5.96 Å². The largest absolute Gasteiger partial charge is 0.385 e. The van der Waals surface area contributed by atoms with Gasteiger partial charge >= 0.3 is 0 Å². The van der Waals surface area contributed by atoms with E-state index in [0.717, 1.165) is 58.1 Å². The Hall–Kier alpha value is -0.890. The number of hydrogen-bond acceptors (Lipinski definition) is 5. The van der Waals surface area contributed by atoms with E-state index in [9.17, 15) is 0 Å². The number of piperidine rings is 1. The van der Waals surface area contributed by atoms with Crippen molar-refractivity contribution in [1.29, 1.82) is 0 Å². The van der Waals surface area contributed by atoms with Crippen molar-refractivity contribution in [2.75, 3.05) is 86.8 Å². The Balaban J connectivity index is 1.53. The van der Waals surface area contributed by atoms with E-state index >= 15 is 0 Å². The van der Waals surface area contributed by atoms with Crippen molar-refractivity contribution >= 4 is 5.96 Å². The quantitative estimate of drug-likeness (QED) is 0.346. The number of methoxy groups -OCH3 is 1. The van der Waals surface area contributed by atoms with Crippen LogP contribution in [0.25, 0.3) is 0 Å². The van der Waals surface area contributed by atoms with Gasteiger partial charge in [-0.25, -0.2) is 0 Å². The summed E-state index contributed by atoms with van der Waals surface area (Å²) >= 11 is 0. The summed E-state index contributed by atoms with van der Waals surface area (Å²) in [5.74, 6) is 1.05. The van der Waals surface area contributed by atoms with Gasteiger partial charge in [-0.2, -0.15) is 0 Å². The standard InChI is InChI=1S/C20H41N5O2/c1-21-20(22-9-4-5-10-24-15-13-23(2)14-16-24)25-11-7-19(8-12-25)27-18-6-17-26-3/h19H,4-18H2,1-3H3,(H,21,22). The third-order valence-corrected chi connectivity index (χ3v) is 5.58. The topological polar surface area (TPSA) is 52.6 Å². The first-order chi connectivity index (χ1) is 13.2. The molecule has 7 heteroatoms. The lowest BCUT2D eigenvalue weighted by molar-refractivity contribution is 0.00991. The summed E-state index contributed by atoms with van der Waals surface area (Å²) in [7, 11) is 5.84. The van der Waals surface area contributed by atoms with Crippen molar-refractivity contribution in [3.63, 3.8) is 0 Å².